The van der Waals surface area contributed by atoms with Gasteiger partial charge in [0.2, 0.25) is 0 Å². The standard InChI is InChI=1S/C14H20ClN3O4/c1-14(2,3)22-13(19)17-8-9(16)7-10-11(15)5-4-6-12(10)18(20)21/h4-6,9H,7-8,16H2,1-3H3,(H,17,19). The summed E-state index contributed by atoms with van der Waals surface area (Å²) in [6.45, 7) is 5.37. The molecule has 0 radical (unpaired) electrons. The number of nitrogens with zero attached hydrogens (tertiary/aromatic N) is 1. The number of carbonyl (C=O) groups excluding carboxylic acids is 1. The molecular weight excluding hydrogens is 310 g/mol. The molecule has 0 aliphatic carbocycles. The van der Waals surface area contributed by atoms with E-state index in [-0.39, 0.29) is 23.7 Å². The van der Waals surface area contributed by atoms with Crippen molar-refractivity contribution in [3.05, 3.63) is 38.9 Å². The lowest BCUT2D eigenvalue weighted by Crippen LogP contribution is -2.41. The lowest BCUT2D eigenvalue weighted by atomic mass is 10.0. The van der Waals surface area contributed by atoms with Crippen molar-refractivity contribution >= 4 is 23.4 Å². The third kappa shape index (κ3) is 5.87. The highest BCUT2D eigenvalue weighted by atomic mass is 35.5. The van der Waals surface area contributed by atoms with Gasteiger partial charge in [0.15, 0.2) is 0 Å². The van der Waals surface area contributed by atoms with Crippen molar-refractivity contribution in [1.82, 2.24) is 5.32 Å². The molecule has 0 bridgehead atoms. The maximum Gasteiger partial charge on any atom is 0.407 e. The second-order valence-electron chi connectivity index (χ2n) is 5.84. The van der Waals surface area contributed by atoms with Gasteiger partial charge in [0.05, 0.1) is 9.95 Å². The largest absolute Gasteiger partial charge is 0.444 e. The summed E-state index contributed by atoms with van der Waals surface area (Å²) in [7, 11) is 0. The lowest BCUT2D eigenvalue weighted by molar-refractivity contribution is -0.385. The van der Waals surface area contributed by atoms with Crippen LogP contribution < -0.4 is 11.1 Å². The van der Waals surface area contributed by atoms with Crippen LogP contribution in [0.4, 0.5) is 10.5 Å². The van der Waals surface area contributed by atoms with Crippen LogP contribution in [0.25, 0.3) is 0 Å². The van der Waals surface area contributed by atoms with Gasteiger partial charge < -0.3 is 15.8 Å². The zero-order valence-electron chi connectivity index (χ0n) is 12.8. The predicted octanol–water partition coefficient (Wildman–Crippen LogP) is 2.64. The number of hydrogen-bond donors (Lipinski definition) is 2. The third-order valence-corrected chi connectivity index (χ3v) is 3.02. The molecule has 22 heavy (non-hydrogen) atoms. The van der Waals surface area contributed by atoms with Crippen LogP contribution in [-0.4, -0.2) is 29.2 Å². The van der Waals surface area contributed by atoms with Gasteiger partial charge in [-0.05, 0) is 33.3 Å². The fraction of sp³-hybridized carbons (Fsp3) is 0.500. The molecule has 0 saturated heterocycles. The molecule has 8 heteroatoms. The topological polar surface area (TPSA) is 107 Å². The van der Waals surface area contributed by atoms with Gasteiger partial charge in [-0.25, -0.2) is 4.79 Å². The molecule has 0 aliphatic heterocycles. The van der Waals surface area contributed by atoms with Crippen LogP contribution in [0, 0.1) is 10.1 Å². The lowest BCUT2D eigenvalue weighted by Gasteiger charge is -2.21. The Labute approximate surface area is 133 Å². The van der Waals surface area contributed by atoms with Gasteiger partial charge in [-0.1, -0.05) is 17.7 Å². The first-order valence-corrected chi connectivity index (χ1v) is 7.12. The zero-order chi connectivity index (χ0) is 16.9. The Bertz CT molecular complexity index is 558. The number of alkyl carbamates (subject to hydrolysis) is 1. The first-order chi connectivity index (χ1) is 10.1. The van der Waals surface area contributed by atoms with Crippen molar-refractivity contribution in [2.75, 3.05) is 6.54 Å². The minimum atomic E-state index is -0.601. The minimum absolute atomic E-state index is 0.0831. The second-order valence-corrected chi connectivity index (χ2v) is 6.25. The Morgan fingerprint density at radius 2 is 2.14 bits per heavy atom. The third-order valence-electron chi connectivity index (χ3n) is 2.66. The number of nitrogens with two attached hydrogens (primary N) is 1. The van der Waals surface area contributed by atoms with E-state index in [2.05, 4.69) is 5.32 Å². The maximum atomic E-state index is 11.5. The molecule has 122 valence electrons. The molecule has 1 atom stereocenters. The number of nitro groups is 1. The van der Waals surface area contributed by atoms with Crippen LogP contribution in [0.3, 0.4) is 0 Å². The highest BCUT2D eigenvalue weighted by Crippen LogP contribution is 2.27. The van der Waals surface area contributed by atoms with Crippen molar-refractivity contribution in [2.24, 2.45) is 5.73 Å². The van der Waals surface area contributed by atoms with Crippen LogP contribution in [0.2, 0.25) is 5.02 Å². The zero-order valence-corrected chi connectivity index (χ0v) is 13.5. The Balaban J connectivity index is 2.65. The maximum absolute atomic E-state index is 11.5. The van der Waals surface area contributed by atoms with Gasteiger partial charge in [0, 0.05) is 24.2 Å². The van der Waals surface area contributed by atoms with Crippen LogP contribution >= 0.6 is 11.6 Å². The van der Waals surface area contributed by atoms with E-state index in [0.717, 1.165) is 0 Å². The summed E-state index contributed by atoms with van der Waals surface area (Å²) >= 11 is 6.00. The SMILES string of the molecule is CC(C)(C)OC(=O)NCC(N)Cc1c(Cl)cccc1[N+](=O)[O-]. The number of rotatable bonds is 5. The van der Waals surface area contributed by atoms with E-state index in [1.54, 1.807) is 26.8 Å². The average Bonchev–Trinajstić information content (AvgIpc) is 2.36. The van der Waals surface area contributed by atoms with Gasteiger partial charge in [0.1, 0.15) is 5.60 Å². The highest BCUT2D eigenvalue weighted by molar-refractivity contribution is 6.31. The van der Waals surface area contributed by atoms with E-state index in [1.165, 1.54) is 12.1 Å². The van der Waals surface area contributed by atoms with Crippen molar-refractivity contribution in [3.8, 4) is 0 Å². The second kappa shape index (κ2) is 7.42. The molecule has 0 saturated carbocycles. The summed E-state index contributed by atoms with van der Waals surface area (Å²) in [5.41, 5.74) is 5.57. The molecule has 0 aliphatic rings. The number of nitro benzene ring substituents is 1. The van der Waals surface area contributed by atoms with E-state index < -0.39 is 22.7 Å². The molecular formula is C14H20ClN3O4. The summed E-state index contributed by atoms with van der Waals surface area (Å²) in [5.74, 6) is 0. The molecule has 1 aromatic rings. The monoisotopic (exact) mass is 329 g/mol. The Kier molecular flexibility index (Phi) is 6.13. The molecule has 0 aromatic heterocycles. The van der Waals surface area contributed by atoms with Crippen LogP contribution in [0.1, 0.15) is 26.3 Å². The van der Waals surface area contributed by atoms with E-state index >= 15 is 0 Å². The quantitative estimate of drug-likeness (QED) is 0.637. The average molecular weight is 330 g/mol. The normalized spacial score (nSPS) is 12.6. The smallest absolute Gasteiger partial charge is 0.407 e. The Hall–Kier alpha value is -1.86. The van der Waals surface area contributed by atoms with Gasteiger partial charge >= 0.3 is 6.09 Å². The van der Waals surface area contributed by atoms with E-state index in [1.807, 2.05) is 0 Å². The molecule has 0 spiro atoms. The number of halogens is 1. The van der Waals surface area contributed by atoms with E-state index in [0.29, 0.717) is 5.56 Å². The Morgan fingerprint density at radius 3 is 2.68 bits per heavy atom. The van der Waals surface area contributed by atoms with E-state index in [4.69, 9.17) is 22.1 Å². The number of hydrogen-bond acceptors (Lipinski definition) is 5. The van der Waals surface area contributed by atoms with Crippen LogP contribution in [-0.2, 0) is 11.2 Å². The number of nitrogens with one attached hydrogen (secondary N) is 1. The molecule has 0 heterocycles. The fourth-order valence-electron chi connectivity index (χ4n) is 1.78. The predicted molar refractivity (Wildman–Crippen MR) is 84.0 cm³/mol. The molecule has 7 nitrogen and oxygen atoms in total. The van der Waals surface area contributed by atoms with Gasteiger partial charge in [0.25, 0.3) is 5.69 Å². The summed E-state index contributed by atoms with van der Waals surface area (Å²) in [6, 6.07) is 3.92. The molecule has 1 amide bonds. The van der Waals surface area contributed by atoms with Gasteiger partial charge in [-0.3, -0.25) is 10.1 Å². The molecule has 1 unspecified atom stereocenters. The van der Waals surface area contributed by atoms with Crippen LogP contribution in [0.5, 0.6) is 0 Å². The summed E-state index contributed by atoms with van der Waals surface area (Å²) < 4.78 is 5.08. The molecule has 3 N–H and O–H groups in total. The molecule has 0 fully saturated rings. The first kappa shape index (κ1) is 18.2. The van der Waals surface area contributed by atoms with Crippen molar-refractivity contribution in [2.45, 2.75) is 38.8 Å². The number of carbonyl (C=O) groups is 1. The summed E-state index contributed by atoms with van der Waals surface area (Å²) in [4.78, 5) is 22.0. The van der Waals surface area contributed by atoms with Gasteiger partial charge in [-0.2, -0.15) is 0 Å². The number of ether oxygens (including phenoxy) is 1. The van der Waals surface area contributed by atoms with Crippen molar-refractivity contribution in [3.63, 3.8) is 0 Å². The Morgan fingerprint density at radius 1 is 1.50 bits per heavy atom. The van der Waals surface area contributed by atoms with Crippen molar-refractivity contribution < 1.29 is 14.5 Å². The van der Waals surface area contributed by atoms with E-state index in [9.17, 15) is 14.9 Å². The summed E-state index contributed by atoms with van der Waals surface area (Å²) in [6.07, 6.45) is -0.414. The van der Waals surface area contributed by atoms with Crippen molar-refractivity contribution in [1.29, 1.82) is 0 Å². The first-order valence-electron chi connectivity index (χ1n) is 6.74. The fourth-order valence-corrected chi connectivity index (χ4v) is 2.03. The number of benzene rings is 1. The highest BCUT2D eigenvalue weighted by Gasteiger charge is 2.20. The molecule has 1 rings (SSSR count). The number of amides is 1. The minimum Gasteiger partial charge on any atom is -0.444 e. The molecule has 1 aromatic carbocycles. The van der Waals surface area contributed by atoms with Gasteiger partial charge in [-0.15, -0.1) is 0 Å². The van der Waals surface area contributed by atoms with Crippen LogP contribution in [0.15, 0.2) is 18.2 Å². The summed E-state index contributed by atoms with van der Waals surface area (Å²) in [5, 5.41) is 13.8.